The lowest BCUT2D eigenvalue weighted by Gasteiger charge is -2.08. The van der Waals surface area contributed by atoms with Gasteiger partial charge in [-0.2, -0.15) is 0 Å². The molecule has 4 heteroatoms. The Morgan fingerprint density at radius 1 is 1.00 bits per heavy atom. The van der Waals surface area contributed by atoms with Crippen LogP contribution in [0.15, 0.2) is 54.6 Å². The zero-order valence-corrected chi connectivity index (χ0v) is 13.2. The van der Waals surface area contributed by atoms with E-state index in [0.29, 0.717) is 6.54 Å². The molecule has 2 aromatic carbocycles. The molecule has 0 radical (unpaired) electrons. The van der Waals surface area contributed by atoms with Gasteiger partial charge in [-0.15, -0.1) is 0 Å². The number of nitrogens with one attached hydrogen (secondary N) is 1. The predicted octanol–water partition coefficient (Wildman–Crippen LogP) is 2.44. The summed E-state index contributed by atoms with van der Waals surface area (Å²) >= 11 is 0. The zero-order chi connectivity index (χ0) is 16.5. The Morgan fingerprint density at radius 2 is 1.70 bits per heavy atom. The number of ether oxygens (including phenoxy) is 1. The number of amides is 1. The van der Waals surface area contributed by atoms with Crippen LogP contribution in [0, 0.1) is 6.92 Å². The number of carbonyl (C=O) groups is 2. The van der Waals surface area contributed by atoms with E-state index in [1.807, 2.05) is 61.5 Å². The lowest BCUT2D eigenvalue weighted by Crippen LogP contribution is -2.30. The fourth-order valence-electron chi connectivity index (χ4n) is 2.20. The highest BCUT2D eigenvalue weighted by molar-refractivity contribution is 5.81. The highest BCUT2D eigenvalue weighted by Crippen LogP contribution is 2.08. The number of rotatable bonds is 7. The van der Waals surface area contributed by atoms with E-state index < -0.39 is 5.97 Å². The molecule has 0 aliphatic carbocycles. The maximum atomic E-state index is 11.8. The third kappa shape index (κ3) is 5.94. The van der Waals surface area contributed by atoms with Gasteiger partial charge in [0.1, 0.15) is 0 Å². The molecule has 0 unspecified atom stereocenters. The SMILES string of the molecule is Cc1ccccc1CC(=O)OCC(=O)NCCc1ccccc1. The highest BCUT2D eigenvalue weighted by Gasteiger charge is 2.09. The third-order valence-corrected chi connectivity index (χ3v) is 3.54. The minimum atomic E-state index is -0.391. The molecule has 0 aliphatic rings. The first-order valence-electron chi connectivity index (χ1n) is 7.66. The lowest BCUT2D eigenvalue weighted by molar-refractivity contribution is -0.147. The van der Waals surface area contributed by atoms with Gasteiger partial charge in [-0.3, -0.25) is 9.59 Å². The van der Waals surface area contributed by atoms with E-state index >= 15 is 0 Å². The lowest BCUT2D eigenvalue weighted by atomic mass is 10.1. The smallest absolute Gasteiger partial charge is 0.310 e. The number of esters is 1. The Kier molecular flexibility index (Phi) is 6.36. The molecule has 120 valence electrons. The largest absolute Gasteiger partial charge is 0.455 e. The number of hydrogen-bond donors (Lipinski definition) is 1. The van der Waals surface area contributed by atoms with Gasteiger partial charge in [0.15, 0.2) is 6.61 Å². The van der Waals surface area contributed by atoms with Gasteiger partial charge in [0.05, 0.1) is 6.42 Å². The Labute approximate surface area is 136 Å². The molecule has 1 amide bonds. The summed E-state index contributed by atoms with van der Waals surface area (Å²) in [7, 11) is 0. The van der Waals surface area contributed by atoms with Crippen molar-refractivity contribution in [3.63, 3.8) is 0 Å². The molecule has 23 heavy (non-hydrogen) atoms. The molecule has 0 aromatic heterocycles. The van der Waals surface area contributed by atoms with E-state index in [1.165, 1.54) is 0 Å². The summed E-state index contributed by atoms with van der Waals surface area (Å²) in [4.78, 5) is 23.4. The predicted molar refractivity (Wildman–Crippen MR) is 89.0 cm³/mol. The number of carbonyl (C=O) groups excluding carboxylic acids is 2. The van der Waals surface area contributed by atoms with Crippen LogP contribution in [0.3, 0.4) is 0 Å². The van der Waals surface area contributed by atoms with Crippen molar-refractivity contribution in [2.75, 3.05) is 13.2 Å². The third-order valence-electron chi connectivity index (χ3n) is 3.54. The van der Waals surface area contributed by atoms with Crippen molar-refractivity contribution >= 4 is 11.9 Å². The van der Waals surface area contributed by atoms with Crippen LogP contribution in [0.1, 0.15) is 16.7 Å². The fourth-order valence-corrected chi connectivity index (χ4v) is 2.20. The second-order valence-electron chi connectivity index (χ2n) is 5.35. The molecule has 0 saturated heterocycles. The van der Waals surface area contributed by atoms with Gasteiger partial charge in [-0.25, -0.2) is 0 Å². The summed E-state index contributed by atoms with van der Waals surface area (Å²) in [6.45, 7) is 2.23. The Morgan fingerprint density at radius 3 is 2.43 bits per heavy atom. The van der Waals surface area contributed by atoms with Crippen LogP contribution in [-0.2, 0) is 27.2 Å². The summed E-state index contributed by atoms with van der Waals surface area (Å²) in [6, 6.07) is 17.5. The molecule has 0 bridgehead atoms. The Hall–Kier alpha value is -2.62. The van der Waals surface area contributed by atoms with Crippen molar-refractivity contribution < 1.29 is 14.3 Å². The first-order valence-corrected chi connectivity index (χ1v) is 7.66. The average Bonchev–Trinajstić information content (AvgIpc) is 2.56. The van der Waals surface area contributed by atoms with Gasteiger partial charge in [0.2, 0.25) is 0 Å². The maximum Gasteiger partial charge on any atom is 0.310 e. The van der Waals surface area contributed by atoms with Crippen LogP contribution in [0.2, 0.25) is 0 Å². The minimum absolute atomic E-state index is 0.184. The average molecular weight is 311 g/mol. The number of aryl methyl sites for hydroxylation is 1. The van der Waals surface area contributed by atoms with E-state index in [1.54, 1.807) is 0 Å². The van der Waals surface area contributed by atoms with Gasteiger partial charge in [0, 0.05) is 6.54 Å². The first kappa shape index (κ1) is 16.7. The van der Waals surface area contributed by atoms with Crippen molar-refractivity contribution in [1.29, 1.82) is 0 Å². The van der Waals surface area contributed by atoms with Crippen LogP contribution in [0.4, 0.5) is 0 Å². The van der Waals surface area contributed by atoms with E-state index in [9.17, 15) is 9.59 Å². The topological polar surface area (TPSA) is 55.4 Å². The molecule has 2 aromatic rings. The summed E-state index contributed by atoms with van der Waals surface area (Å²) in [5, 5.41) is 2.75. The van der Waals surface area contributed by atoms with Crippen LogP contribution in [-0.4, -0.2) is 25.0 Å². The van der Waals surface area contributed by atoms with Crippen LogP contribution in [0.25, 0.3) is 0 Å². The first-order chi connectivity index (χ1) is 11.1. The Balaban J connectivity index is 1.66. The van der Waals surface area contributed by atoms with E-state index in [4.69, 9.17) is 4.74 Å². The van der Waals surface area contributed by atoms with Gasteiger partial charge >= 0.3 is 5.97 Å². The van der Waals surface area contributed by atoms with Crippen LogP contribution < -0.4 is 5.32 Å². The monoisotopic (exact) mass is 311 g/mol. The van der Waals surface area contributed by atoms with Crippen LogP contribution >= 0.6 is 0 Å². The van der Waals surface area contributed by atoms with Gasteiger partial charge in [0.25, 0.3) is 5.91 Å². The highest BCUT2D eigenvalue weighted by atomic mass is 16.5. The zero-order valence-electron chi connectivity index (χ0n) is 13.2. The molecule has 4 nitrogen and oxygen atoms in total. The van der Waals surface area contributed by atoms with E-state index in [0.717, 1.165) is 23.1 Å². The molecule has 0 heterocycles. The Bertz CT molecular complexity index is 653. The summed E-state index contributed by atoms with van der Waals surface area (Å²) < 4.78 is 5.01. The molecule has 0 saturated carbocycles. The van der Waals surface area contributed by atoms with Crippen molar-refractivity contribution in [1.82, 2.24) is 5.32 Å². The summed E-state index contributed by atoms with van der Waals surface area (Å²) in [5.74, 6) is -0.670. The van der Waals surface area contributed by atoms with E-state index in [-0.39, 0.29) is 18.9 Å². The van der Waals surface area contributed by atoms with Crippen LogP contribution in [0.5, 0.6) is 0 Å². The quantitative estimate of drug-likeness (QED) is 0.799. The van der Waals surface area contributed by atoms with Crippen molar-refractivity contribution in [2.24, 2.45) is 0 Å². The second-order valence-corrected chi connectivity index (χ2v) is 5.35. The summed E-state index contributed by atoms with van der Waals surface area (Å²) in [5.41, 5.74) is 3.11. The molecule has 1 N–H and O–H groups in total. The standard InChI is InChI=1S/C19H21NO3/c1-15-7-5-6-10-17(15)13-19(22)23-14-18(21)20-12-11-16-8-3-2-4-9-16/h2-10H,11-14H2,1H3,(H,20,21). The minimum Gasteiger partial charge on any atom is -0.455 e. The molecular formula is C19H21NO3. The molecule has 0 atom stereocenters. The molecule has 0 aliphatic heterocycles. The van der Waals surface area contributed by atoms with Gasteiger partial charge in [-0.05, 0) is 30.0 Å². The van der Waals surface area contributed by atoms with Gasteiger partial charge < -0.3 is 10.1 Å². The van der Waals surface area contributed by atoms with Gasteiger partial charge in [-0.1, -0.05) is 54.6 Å². The van der Waals surface area contributed by atoms with Crippen molar-refractivity contribution in [2.45, 2.75) is 19.8 Å². The maximum absolute atomic E-state index is 11.8. The number of benzene rings is 2. The van der Waals surface area contributed by atoms with E-state index in [2.05, 4.69) is 5.32 Å². The summed E-state index contributed by atoms with van der Waals surface area (Å²) in [6.07, 6.45) is 0.938. The van der Waals surface area contributed by atoms with Crippen molar-refractivity contribution in [3.8, 4) is 0 Å². The molecule has 0 spiro atoms. The fraction of sp³-hybridized carbons (Fsp3) is 0.263. The van der Waals surface area contributed by atoms with Crippen molar-refractivity contribution in [3.05, 3.63) is 71.3 Å². The molecular weight excluding hydrogens is 290 g/mol. The normalized spacial score (nSPS) is 10.1. The second kappa shape index (κ2) is 8.73. The number of hydrogen-bond acceptors (Lipinski definition) is 3. The molecule has 0 fully saturated rings. The molecule has 2 rings (SSSR count).